The third kappa shape index (κ3) is 6.05. The second-order valence-corrected chi connectivity index (χ2v) is 9.88. The van der Waals surface area contributed by atoms with Gasteiger partial charge >= 0.3 is 0 Å². The van der Waals surface area contributed by atoms with Crippen molar-refractivity contribution in [1.82, 2.24) is 4.90 Å². The van der Waals surface area contributed by atoms with Crippen LogP contribution in [0.15, 0.2) is 71.6 Å². The molecule has 0 radical (unpaired) electrons. The number of imide groups is 1. The number of rotatable bonds is 9. The van der Waals surface area contributed by atoms with Crippen molar-refractivity contribution < 1.29 is 24.0 Å². The Balaban J connectivity index is 1.53. The van der Waals surface area contributed by atoms with Crippen LogP contribution < -0.4 is 9.47 Å². The molecule has 0 bridgehead atoms. The maximum absolute atomic E-state index is 13.0. The third-order valence-corrected chi connectivity index (χ3v) is 6.93. The molecule has 1 aliphatic rings. The van der Waals surface area contributed by atoms with Gasteiger partial charge in [-0.25, -0.2) is 0 Å². The molecule has 1 fully saturated rings. The second kappa shape index (κ2) is 11.6. The standard InChI is InChI=1S/C26H21IN2O6S/c1-2-34-22-13-19(12-21(27)24(22)35-16-18-6-4-3-5-7-18)14-23-25(30)28(26(31)36-23)15-17-8-10-20(11-9-17)29(32)33/h3-14H,2,15-16H2,1H3/b23-14-. The summed E-state index contributed by atoms with van der Waals surface area (Å²) in [7, 11) is 0. The van der Waals surface area contributed by atoms with E-state index < -0.39 is 16.1 Å². The first kappa shape index (κ1) is 25.7. The fourth-order valence-electron chi connectivity index (χ4n) is 3.50. The van der Waals surface area contributed by atoms with E-state index in [1.807, 2.05) is 43.3 Å². The number of ether oxygens (including phenoxy) is 2. The van der Waals surface area contributed by atoms with E-state index in [1.54, 1.807) is 12.1 Å². The monoisotopic (exact) mass is 616 g/mol. The summed E-state index contributed by atoms with van der Waals surface area (Å²) in [5.41, 5.74) is 2.30. The van der Waals surface area contributed by atoms with E-state index in [0.29, 0.717) is 35.8 Å². The zero-order chi connectivity index (χ0) is 25.7. The minimum atomic E-state index is -0.498. The molecule has 0 aromatic heterocycles. The number of carbonyl (C=O) groups excluding carboxylic acids is 2. The first-order valence-corrected chi connectivity index (χ1v) is 12.9. The van der Waals surface area contributed by atoms with E-state index in [-0.39, 0.29) is 17.1 Å². The normalized spacial score (nSPS) is 14.4. The molecule has 2 amide bonds. The highest BCUT2D eigenvalue weighted by molar-refractivity contribution is 14.1. The molecular formula is C26H21IN2O6S. The number of hydrogen-bond donors (Lipinski definition) is 0. The molecule has 1 heterocycles. The quantitative estimate of drug-likeness (QED) is 0.119. The Labute approximate surface area is 225 Å². The van der Waals surface area contributed by atoms with Crippen molar-refractivity contribution in [3.63, 3.8) is 0 Å². The van der Waals surface area contributed by atoms with Gasteiger partial charge in [0.15, 0.2) is 11.5 Å². The molecule has 10 heteroatoms. The van der Waals surface area contributed by atoms with Gasteiger partial charge in [-0.15, -0.1) is 0 Å². The lowest BCUT2D eigenvalue weighted by molar-refractivity contribution is -0.384. The van der Waals surface area contributed by atoms with Crippen molar-refractivity contribution in [3.05, 3.63) is 102 Å². The minimum absolute atomic E-state index is 0.0357. The molecule has 1 saturated heterocycles. The van der Waals surface area contributed by atoms with Gasteiger partial charge in [0.1, 0.15) is 6.61 Å². The fraction of sp³-hybridized carbons (Fsp3) is 0.154. The Bertz CT molecular complexity index is 1330. The average Bonchev–Trinajstić information content (AvgIpc) is 3.12. The molecule has 0 saturated carbocycles. The van der Waals surface area contributed by atoms with Crippen LogP contribution in [0.2, 0.25) is 0 Å². The molecule has 184 valence electrons. The van der Waals surface area contributed by atoms with Crippen LogP contribution in [-0.2, 0) is 17.9 Å². The van der Waals surface area contributed by atoms with Crippen molar-refractivity contribution in [3.8, 4) is 11.5 Å². The number of carbonyl (C=O) groups is 2. The number of benzene rings is 3. The number of hydrogen-bond acceptors (Lipinski definition) is 7. The Morgan fingerprint density at radius 1 is 1.03 bits per heavy atom. The summed E-state index contributed by atoms with van der Waals surface area (Å²) in [4.78, 5) is 37.3. The highest BCUT2D eigenvalue weighted by Crippen LogP contribution is 2.38. The highest BCUT2D eigenvalue weighted by atomic mass is 127. The lowest BCUT2D eigenvalue weighted by atomic mass is 10.1. The second-order valence-electron chi connectivity index (χ2n) is 7.73. The SMILES string of the molecule is CCOc1cc(/C=C2\SC(=O)N(Cc3ccc([N+](=O)[O-])cc3)C2=O)cc(I)c1OCc1ccccc1. The van der Waals surface area contributed by atoms with E-state index in [4.69, 9.17) is 9.47 Å². The summed E-state index contributed by atoms with van der Waals surface area (Å²) in [6, 6.07) is 19.2. The molecule has 0 unspecified atom stereocenters. The van der Waals surface area contributed by atoms with Gasteiger partial charge in [-0.3, -0.25) is 24.6 Å². The molecule has 8 nitrogen and oxygen atoms in total. The lowest BCUT2D eigenvalue weighted by Crippen LogP contribution is -2.27. The molecule has 0 N–H and O–H groups in total. The van der Waals surface area contributed by atoms with Gasteiger partial charge in [0.2, 0.25) is 0 Å². The van der Waals surface area contributed by atoms with Crippen molar-refractivity contribution in [2.75, 3.05) is 6.61 Å². The predicted octanol–water partition coefficient (Wildman–Crippen LogP) is 6.41. The molecule has 0 atom stereocenters. The topological polar surface area (TPSA) is 99.0 Å². The predicted molar refractivity (Wildman–Crippen MR) is 146 cm³/mol. The van der Waals surface area contributed by atoms with Crippen LogP contribution in [0.4, 0.5) is 10.5 Å². The van der Waals surface area contributed by atoms with Gasteiger partial charge in [-0.1, -0.05) is 42.5 Å². The Hall–Kier alpha value is -3.38. The summed E-state index contributed by atoms with van der Waals surface area (Å²) >= 11 is 3.02. The summed E-state index contributed by atoms with van der Waals surface area (Å²) in [5.74, 6) is 0.752. The zero-order valence-corrected chi connectivity index (χ0v) is 22.2. The lowest BCUT2D eigenvalue weighted by Gasteiger charge is -2.15. The van der Waals surface area contributed by atoms with E-state index in [2.05, 4.69) is 22.6 Å². The van der Waals surface area contributed by atoms with Gasteiger partial charge in [0.05, 0.1) is 26.6 Å². The maximum Gasteiger partial charge on any atom is 0.293 e. The van der Waals surface area contributed by atoms with Crippen LogP contribution in [0.3, 0.4) is 0 Å². The number of nitro benzene ring substituents is 1. The Kier molecular flexibility index (Phi) is 8.26. The first-order chi connectivity index (χ1) is 17.4. The first-order valence-electron chi connectivity index (χ1n) is 11.0. The summed E-state index contributed by atoms with van der Waals surface area (Å²) < 4.78 is 12.7. The maximum atomic E-state index is 13.0. The van der Waals surface area contributed by atoms with Crippen LogP contribution in [0.25, 0.3) is 6.08 Å². The van der Waals surface area contributed by atoms with Crippen LogP contribution in [-0.4, -0.2) is 27.6 Å². The molecule has 0 spiro atoms. The van der Waals surface area contributed by atoms with Crippen LogP contribution >= 0.6 is 34.4 Å². The molecule has 3 aromatic carbocycles. The molecular weight excluding hydrogens is 595 g/mol. The van der Waals surface area contributed by atoms with Crippen LogP contribution in [0.5, 0.6) is 11.5 Å². The summed E-state index contributed by atoms with van der Waals surface area (Å²) in [6.45, 7) is 2.74. The number of amides is 2. The van der Waals surface area contributed by atoms with Gasteiger partial charge in [0, 0.05) is 12.1 Å². The van der Waals surface area contributed by atoms with Gasteiger partial charge < -0.3 is 9.47 Å². The van der Waals surface area contributed by atoms with E-state index in [9.17, 15) is 19.7 Å². The number of halogens is 1. The third-order valence-electron chi connectivity index (χ3n) is 5.22. The fourth-order valence-corrected chi connectivity index (χ4v) is 5.12. The summed E-state index contributed by atoms with van der Waals surface area (Å²) in [6.07, 6.45) is 1.66. The molecule has 3 aromatic rings. The van der Waals surface area contributed by atoms with E-state index in [1.165, 1.54) is 24.3 Å². The van der Waals surface area contributed by atoms with Crippen LogP contribution in [0, 0.1) is 13.7 Å². The smallest absolute Gasteiger partial charge is 0.293 e. The molecule has 36 heavy (non-hydrogen) atoms. The van der Waals surface area contributed by atoms with E-state index >= 15 is 0 Å². The van der Waals surface area contributed by atoms with Crippen molar-refractivity contribution in [2.45, 2.75) is 20.1 Å². The number of thioether (sulfide) groups is 1. The van der Waals surface area contributed by atoms with Crippen molar-refractivity contribution in [1.29, 1.82) is 0 Å². The number of non-ortho nitro benzene ring substituents is 1. The van der Waals surface area contributed by atoms with Crippen molar-refractivity contribution >= 4 is 57.3 Å². The van der Waals surface area contributed by atoms with Crippen LogP contribution in [0.1, 0.15) is 23.6 Å². The van der Waals surface area contributed by atoms with Gasteiger partial charge in [-0.05, 0) is 76.2 Å². The summed E-state index contributed by atoms with van der Waals surface area (Å²) in [5, 5.41) is 10.5. The van der Waals surface area contributed by atoms with E-state index in [0.717, 1.165) is 25.8 Å². The molecule has 1 aliphatic heterocycles. The van der Waals surface area contributed by atoms with Gasteiger partial charge in [0.25, 0.3) is 16.8 Å². The molecule has 0 aliphatic carbocycles. The number of nitro groups is 1. The Morgan fingerprint density at radius 3 is 2.42 bits per heavy atom. The largest absolute Gasteiger partial charge is 0.490 e. The zero-order valence-electron chi connectivity index (χ0n) is 19.2. The average molecular weight is 616 g/mol. The number of nitrogens with zero attached hydrogens (tertiary/aromatic N) is 2. The van der Waals surface area contributed by atoms with Crippen molar-refractivity contribution in [2.24, 2.45) is 0 Å². The highest BCUT2D eigenvalue weighted by Gasteiger charge is 2.35. The van der Waals surface area contributed by atoms with Gasteiger partial charge in [-0.2, -0.15) is 0 Å². The Morgan fingerprint density at radius 2 is 1.75 bits per heavy atom. The molecule has 4 rings (SSSR count). The minimum Gasteiger partial charge on any atom is -0.490 e.